The minimum absolute atomic E-state index is 0.257. The molecule has 29 heavy (non-hydrogen) atoms. The highest BCUT2D eigenvalue weighted by atomic mass is 16.5. The summed E-state index contributed by atoms with van der Waals surface area (Å²) in [6.45, 7) is 0.402. The van der Waals surface area contributed by atoms with Gasteiger partial charge in [-0.25, -0.2) is 0 Å². The third kappa shape index (κ3) is 3.67. The molecule has 0 aliphatic rings. The Morgan fingerprint density at radius 1 is 0.897 bits per heavy atom. The zero-order valence-electron chi connectivity index (χ0n) is 16.2. The average Bonchev–Trinajstić information content (AvgIpc) is 3.15. The highest BCUT2D eigenvalue weighted by Crippen LogP contribution is 2.41. The Morgan fingerprint density at radius 2 is 1.66 bits per heavy atom. The second-order valence-electron chi connectivity index (χ2n) is 6.46. The van der Waals surface area contributed by atoms with Crippen molar-refractivity contribution >= 4 is 17.3 Å². The predicted octanol–water partition coefficient (Wildman–Crippen LogP) is 5.51. The standard InChI is InChI=1S/C24H20O5/c1-26-18-10-8-17(9-11-18)24-19-12-22(28-15-16-6-4-3-5-7-16)21(27-2)13-20(19)29-23(24)14-25/h3-14H,15H2,1-2H3. The first-order valence-corrected chi connectivity index (χ1v) is 9.14. The van der Waals surface area contributed by atoms with Crippen LogP contribution < -0.4 is 14.2 Å². The maximum absolute atomic E-state index is 11.7. The van der Waals surface area contributed by atoms with Crippen molar-refractivity contribution < 1.29 is 23.4 Å². The van der Waals surface area contributed by atoms with E-state index < -0.39 is 0 Å². The van der Waals surface area contributed by atoms with E-state index in [4.69, 9.17) is 18.6 Å². The molecule has 0 spiro atoms. The molecule has 0 unspecified atom stereocenters. The zero-order valence-corrected chi connectivity index (χ0v) is 16.2. The Balaban J connectivity index is 1.79. The quantitative estimate of drug-likeness (QED) is 0.391. The number of benzene rings is 3. The molecule has 0 amide bonds. The summed E-state index contributed by atoms with van der Waals surface area (Å²) in [6, 6.07) is 21.0. The lowest BCUT2D eigenvalue weighted by Crippen LogP contribution is -1.97. The second kappa shape index (κ2) is 8.10. The van der Waals surface area contributed by atoms with E-state index in [1.165, 1.54) is 0 Å². The number of hydrogen-bond acceptors (Lipinski definition) is 5. The van der Waals surface area contributed by atoms with Gasteiger partial charge in [0.25, 0.3) is 0 Å². The van der Waals surface area contributed by atoms with Gasteiger partial charge in [0.15, 0.2) is 23.5 Å². The lowest BCUT2D eigenvalue weighted by atomic mass is 10.0. The van der Waals surface area contributed by atoms with Gasteiger partial charge in [-0.3, -0.25) is 4.79 Å². The number of fused-ring (bicyclic) bond motifs is 1. The van der Waals surface area contributed by atoms with E-state index in [2.05, 4.69) is 0 Å². The molecule has 0 N–H and O–H groups in total. The molecule has 3 aromatic carbocycles. The maximum atomic E-state index is 11.7. The van der Waals surface area contributed by atoms with Gasteiger partial charge < -0.3 is 18.6 Å². The van der Waals surface area contributed by atoms with Crippen molar-refractivity contribution in [1.82, 2.24) is 0 Å². The smallest absolute Gasteiger partial charge is 0.186 e. The van der Waals surface area contributed by atoms with Gasteiger partial charge in [0.1, 0.15) is 17.9 Å². The molecule has 4 rings (SSSR count). The molecule has 5 nitrogen and oxygen atoms in total. The average molecular weight is 388 g/mol. The first-order chi connectivity index (χ1) is 14.2. The highest BCUT2D eigenvalue weighted by Gasteiger charge is 2.19. The highest BCUT2D eigenvalue weighted by molar-refractivity contribution is 6.03. The van der Waals surface area contributed by atoms with E-state index in [0.717, 1.165) is 28.5 Å². The number of aldehydes is 1. The van der Waals surface area contributed by atoms with Gasteiger partial charge in [0.2, 0.25) is 0 Å². The maximum Gasteiger partial charge on any atom is 0.186 e. The van der Waals surface area contributed by atoms with Gasteiger partial charge in [-0.15, -0.1) is 0 Å². The number of carbonyl (C=O) groups excluding carboxylic acids is 1. The Labute approximate surface area is 168 Å². The summed E-state index contributed by atoms with van der Waals surface area (Å²) >= 11 is 0. The van der Waals surface area contributed by atoms with E-state index in [-0.39, 0.29) is 5.76 Å². The van der Waals surface area contributed by atoms with Crippen LogP contribution in [0.5, 0.6) is 17.2 Å². The summed E-state index contributed by atoms with van der Waals surface area (Å²) < 4.78 is 22.5. The number of carbonyl (C=O) groups is 1. The molecule has 1 aromatic heterocycles. The largest absolute Gasteiger partial charge is 0.497 e. The molecular weight excluding hydrogens is 368 g/mol. The summed E-state index contributed by atoms with van der Waals surface area (Å²) in [5.74, 6) is 2.12. The van der Waals surface area contributed by atoms with Crippen LogP contribution in [0.15, 0.2) is 71.1 Å². The first kappa shape index (κ1) is 18.6. The fourth-order valence-corrected chi connectivity index (χ4v) is 3.27. The molecule has 0 bridgehead atoms. The lowest BCUT2D eigenvalue weighted by Gasteiger charge is -2.11. The minimum atomic E-state index is 0.257. The Hall–Kier alpha value is -3.73. The van der Waals surface area contributed by atoms with E-state index in [9.17, 15) is 4.79 Å². The molecular formula is C24H20O5. The molecule has 146 valence electrons. The normalized spacial score (nSPS) is 10.7. The summed E-state index contributed by atoms with van der Waals surface area (Å²) in [6.07, 6.45) is 0.719. The summed E-state index contributed by atoms with van der Waals surface area (Å²) in [5.41, 5.74) is 3.17. The lowest BCUT2D eigenvalue weighted by molar-refractivity contribution is 0.110. The molecule has 0 atom stereocenters. The molecule has 0 radical (unpaired) electrons. The van der Waals surface area contributed by atoms with Crippen molar-refractivity contribution in [3.63, 3.8) is 0 Å². The molecule has 0 fully saturated rings. The number of methoxy groups -OCH3 is 2. The Kier molecular flexibility index (Phi) is 5.20. The van der Waals surface area contributed by atoms with Crippen LogP contribution in [0.4, 0.5) is 0 Å². The van der Waals surface area contributed by atoms with Crippen LogP contribution in [-0.2, 0) is 6.61 Å². The minimum Gasteiger partial charge on any atom is -0.497 e. The third-order valence-corrected chi connectivity index (χ3v) is 4.72. The monoisotopic (exact) mass is 388 g/mol. The molecule has 5 heteroatoms. The molecule has 0 aliphatic carbocycles. The Bertz CT molecular complexity index is 1130. The van der Waals surface area contributed by atoms with Gasteiger partial charge in [-0.1, -0.05) is 42.5 Å². The fourth-order valence-electron chi connectivity index (χ4n) is 3.27. The van der Waals surface area contributed by atoms with Crippen molar-refractivity contribution in [3.05, 3.63) is 78.1 Å². The molecule has 1 heterocycles. The van der Waals surface area contributed by atoms with Crippen LogP contribution >= 0.6 is 0 Å². The SMILES string of the molecule is COc1ccc(-c2c(C=O)oc3cc(OC)c(OCc4ccccc4)cc23)cc1. The van der Waals surface area contributed by atoms with Crippen LogP contribution in [0.25, 0.3) is 22.1 Å². The van der Waals surface area contributed by atoms with Gasteiger partial charge in [-0.05, 0) is 29.3 Å². The zero-order chi connectivity index (χ0) is 20.2. The summed E-state index contributed by atoms with van der Waals surface area (Å²) in [5, 5.41) is 0.779. The fraction of sp³-hybridized carbons (Fsp3) is 0.125. The van der Waals surface area contributed by atoms with E-state index >= 15 is 0 Å². The summed E-state index contributed by atoms with van der Waals surface area (Å²) in [4.78, 5) is 11.7. The van der Waals surface area contributed by atoms with Crippen molar-refractivity contribution in [2.75, 3.05) is 14.2 Å². The number of hydrogen-bond donors (Lipinski definition) is 0. The van der Waals surface area contributed by atoms with Gasteiger partial charge in [0, 0.05) is 17.0 Å². The van der Waals surface area contributed by atoms with Crippen molar-refractivity contribution in [2.24, 2.45) is 0 Å². The Morgan fingerprint density at radius 3 is 2.31 bits per heavy atom. The van der Waals surface area contributed by atoms with E-state index in [0.29, 0.717) is 29.3 Å². The van der Waals surface area contributed by atoms with Crippen LogP contribution in [0.3, 0.4) is 0 Å². The van der Waals surface area contributed by atoms with E-state index in [1.807, 2.05) is 60.7 Å². The van der Waals surface area contributed by atoms with Crippen molar-refractivity contribution in [1.29, 1.82) is 0 Å². The van der Waals surface area contributed by atoms with Crippen LogP contribution in [0.1, 0.15) is 16.1 Å². The van der Waals surface area contributed by atoms with Crippen molar-refractivity contribution in [3.8, 4) is 28.4 Å². The molecule has 0 saturated heterocycles. The molecule has 4 aromatic rings. The first-order valence-electron chi connectivity index (χ1n) is 9.14. The van der Waals surface area contributed by atoms with Gasteiger partial charge in [-0.2, -0.15) is 0 Å². The predicted molar refractivity (Wildman–Crippen MR) is 111 cm³/mol. The summed E-state index contributed by atoms with van der Waals surface area (Å²) in [7, 11) is 3.19. The van der Waals surface area contributed by atoms with Crippen LogP contribution in [0.2, 0.25) is 0 Å². The van der Waals surface area contributed by atoms with Gasteiger partial charge in [0.05, 0.1) is 14.2 Å². The van der Waals surface area contributed by atoms with E-state index in [1.54, 1.807) is 20.3 Å². The number of ether oxygens (including phenoxy) is 3. The van der Waals surface area contributed by atoms with Crippen LogP contribution in [0, 0.1) is 0 Å². The third-order valence-electron chi connectivity index (χ3n) is 4.72. The molecule has 0 aliphatic heterocycles. The number of rotatable bonds is 7. The number of furan rings is 1. The topological polar surface area (TPSA) is 57.9 Å². The van der Waals surface area contributed by atoms with Crippen molar-refractivity contribution in [2.45, 2.75) is 6.61 Å². The van der Waals surface area contributed by atoms with Gasteiger partial charge >= 0.3 is 0 Å². The molecule has 0 saturated carbocycles. The second-order valence-corrected chi connectivity index (χ2v) is 6.46. The van der Waals surface area contributed by atoms with Crippen LogP contribution in [-0.4, -0.2) is 20.5 Å².